The highest BCUT2D eigenvalue weighted by atomic mass is 16.4. The summed E-state index contributed by atoms with van der Waals surface area (Å²) >= 11 is 0. The third kappa shape index (κ3) is 2.91. The first kappa shape index (κ1) is 14.0. The van der Waals surface area contributed by atoms with Gasteiger partial charge in [0, 0.05) is 12.5 Å². The number of aryl methyl sites for hydroxylation is 2. The number of fused-ring (bicyclic) bond motifs is 1. The summed E-state index contributed by atoms with van der Waals surface area (Å²) in [5.74, 6) is 1.26. The summed E-state index contributed by atoms with van der Waals surface area (Å²) in [5.41, 5.74) is 0.306. The van der Waals surface area contributed by atoms with Crippen molar-refractivity contribution in [1.29, 1.82) is 0 Å². The SMILES string of the molecule is CCc1nc2oc(=O)cc(CCC3CCCC3)c2c(=O)[nH]1. The monoisotopic (exact) mass is 288 g/mol. The predicted molar refractivity (Wildman–Crippen MR) is 80.6 cm³/mol. The number of nitrogens with zero attached hydrogens (tertiary/aromatic N) is 1. The maximum atomic E-state index is 12.2. The number of nitrogens with one attached hydrogen (secondary N) is 1. The maximum absolute atomic E-state index is 12.2. The second-order valence-corrected chi connectivity index (χ2v) is 5.83. The van der Waals surface area contributed by atoms with Crippen LogP contribution in [0.2, 0.25) is 0 Å². The summed E-state index contributed by atoms with van der Waals surface area (Å²) < 4.78 is 5.11. The zero-order chi connectivity index (χ0) is 14.8. The molecule has 0 bridgehead atoms. The van der Waals surface area contributed by atoms with Crippen LogP contribution in [0, 0.1) is 5.92 Å². The van der Waals surface area contributed by atoms with E-state index in [1.54, 1.807) is 0 Å². The lowest BCUT2D eigenvalue weighted by atomic mass is 9.97. The van der Waals surface area contributed by atoms with Crippen LogP contribution in [0.5, 0.6) is 0 Å². The van der Waals surface area contributed by atoms with Gasteiger partial charge in [0.25, 0.3) is 5.56 Å². The second-order valence-electron chi connectivity index (χ2n) is 5.83. The van der Waals surface area contributed by atoms with Crippen LogP contribution in [0.25, 0.3) is 11.1 Å². The Kier molecular flexibility index (Phi) is 3.90. The summed E-state index contributed by atoms with van der Waals surface area (Å²) in [6.07, 6.45) is 7.47. The van der Waals surface area contributed by atoms with E-state index in [9.17, 15) is 9.59 Å². The molecule has 0 saturated heterocycles. The molecule has 0 aromatic carbocycles. The van der Waals surface area contributed by atoms with Gasteiger partial charge in [0.05, 0.1) is 0 Å². The van der Waals surface area contributed by atoms with E-state index >= 15 is 0 Å². The number of hydrogen-bond acceptors (Lipinski definition) is 4. The van der Waals surface area contributed by atoms with Crippen molar-refractivity contribution < 1.29 is 4.42 Å². The molecule has 1 aliphatic rings. The average Bonchev–Trinajstić information content (AvgIpc) is 2.97. The quantitative estimate of drug-likeness (QED) is 0.938. The van der Waals surface area contributed by atoms with Gasteiger partial charge < -0.3 is 9.40 Å². The van der Waals surface area contributed by atoms with Gasteiger partial charge in [0.15, 0.2) is 0 Å². The fourth-order valence-electron chi connectivity index (χ4n) is 3.22. The minimum absolute atomic E-state index is 0.171. The first-order valence-electron chi connectivity index (χ1n) is 7.73. The van der Waals surface area contributed by atoms with Gasteiger partial charge in [0.1, 0.15) is 11.2 Å². The molecule has 0 amide bonds. The molecule has 0 atom stereocenters. The van der Waals surface area contributed by atoms with Crippen LogP contribution in [0.15, 0.2) is 20.1 Å². The summed E-state index contributed by atoms with van der Waals surface area (Å²) in [4.78, 5) is 30.9. The topological polar surface area (TPSA) is 76.0 Å². The molecule has 2 aromatic heterocycles. The summed E-state index contributed by atoms with van der Waals surface area (Å²) in [5, 5.41) is 0.435. The van der Waals surface area contributed by atoms with Gasteiger partial charge in [-0.15, -0.1) is 0 Å². The second kappa shape index (κ2) is 5.84. The molecule has 1 N–H and O–H groups in total. The Bertz CT molecular complexity index is 754. The minimum Gasteiger partial charge on any atom is -0.403 e. The molecule has 21 heavy (non-hydrogen) atoms. The lowest BCUT2D eigenvalue weighted by molar-refractivity contribution is 0.500. The third-order valence-electron chi connectivity index (χ3n) is 4.38. The highest BCUT2D eigenvalue weighted by Gasteiger charge is 2.17. The Morgan fingerprint density at radius 2 is 2.10 bits per heavy atom. The molecule has 0 unspecified atom stereocenters. The molecule has 2 aromatic rings. The first-order valence-corrected chi connectivity index (χ1v) is 7.73. The fourth-order valence-corrected chi connectivity index (χ4v) is 3.22. The van der Waals surface area contributed by atoms with Gasteiger partial charge >= 0.3 is 5.63 Å². The van der Waals surface area contributed by atoms with E-state index in [2.05, 4.69) is 9.97 Å². The van der Waals surface area contributed by atoms with Crippen LogP contribution >= 0.6 is 0 Å². The van der Waals surface area contributed by atoms with E-state index < -0.39 is 5.63 Å². The minimum atomic E-state index is -0.427. The molecular weight excluding hydrogens is 268 g/mol. The number of aromatic nitrogens is 2. The number of H-pyrrole nitrogens is 1. The van der Waals surface area contributed by atoms with Gasteiger partial charge in [0.2, 0.25) is 5.71 Å². The van der Waals surface area contributed by atoms with E-state index in [1.807, 2.05) is 6.92 Å². The molecular formula is C16H20N2O3. The zero-order valence-electron chi connectivity index (χ0n) is 12.3. The summed E-state index contributed by atoms with van der Waals surface area (Å²) in [7, 11) is 0. The molecule has 1 saturated carbocycles. The zero-order valence-corrected chi connectivity index (χ0v) is 12.3. The normalized spacial score (nSPS) is 15.9. The first-order chi connectivity index (χ1) is 10.2. The van der Waals surface area contributed by atoms with Gasteiger partial charge in [-0.25, -0.2) is 4.79 Å². The number of hydrogen-bond donors (Lipinski definition) is 1. The van der Waals surface area contributed by atoms with Crippen LogP contribution in [0.4, 0.5) is 0 Å². The molecule has 1 aliphatic carbocycles. The molecule has 2 heterocycles. The van der Waals surface area contributed by atoms with Crippen LogP contribution in [0.1, 0.15) is 50.4 Å². The Balaban J connectivity index is 2.00. The van der Waals surface area contributed by atoms with Crippen molar-refractivity contribution in [3.63, 3.8) is 0 Å². The van der Waals surface area contributed by atoms with Crippen LogP contribution in [-0.4, -0.2) is 9.97 Å². The molecule has 0 spiro atoms. The summed E-state index contributed by atoms with van der Waals surface area (Å²) in [6, 6.07) is 1.44. The van der Waals surface area contributed by atoms with E-state index in [1.165, 1.54) is 31.7 Å². The van der Waals surface area contributed by atoms with Gasteiger partial charge in [-0.3, -0.25) is 4.79 Å². The molecule has 112 valence electrons. The van der Waals surface area contributed by atoms with Gasteiger partial charge in [-0.1, -0.05) is 32.6 Å². The van der Waals surface area contributed by atoms with E-state index in [0.29, 0.717) is 23.5 Å². The Morgan fingerprint density at radius 1 is 1.33 bits per heavy atom. The molecule has 3 rings (SSSR count). The van der Waals surface area contributed by atoms with Crippen LogP contribution < -0.4 is 11.2 Å². The fraction of sp³-hybridized carbons (Fsp3) is 0.562. The number of rotatable bonds is 4. The van der Waals surface area contributed by atoms with Crippen molar-refractivity contribution in [1.82, 2.24) is 9.97 Å². The maximum Gasteiger partial charge on any atom is 0.337 e. The smallest absolute Gasteiger partial charge is 0.337 e. The van der Waals surface area contributed by atoms with E-state index in [-0.39, 0.29) is 11.3 Å². The molecule has 1 fully saturated rings. The van der Waals surface area contributed by atoms with Gasteiger partial charge in [-0.05, 0) is 24.3 Å². The lowest BCUT2D eigenvalue weighted by Gasteiger charge is -2.09. The van der Waals surface area contributed by atoms with Crippen LogP contribution in [0.3, 0.4) is 0 Å². The Labute approximate surface area is 122 Å². The Hall–Kier alpha value is -1.91. The average molecular weight is 288 g/mol. The summed E-state index contributed by atoms with van der Waals surface area (Å²) in [6.45, 7) is 1.89. The molecule has 0 aliphatic heterocycles. The predicted octanol–water partition coefficient (Wildman–Crippen LogP) is 2.56. The van der Waals surface area contributed by atoms with Crippen molar-refractivity contribution in [2.24, 2.45) is 5.92 Å². The number of aromatic amines is 1. The van der Waals surface area contributed by atoms with Crippen molar-refractivity contribution in [2.45, 2.75) is 51.9 Å². The van der Waals surface area contributed by atoms with Crippen molar-refractivity contribution in [2.75, 3.05) is 0 Å². The standard InChI is InChI=1S/C16H20N2O3/c1-2-12-17-15(20)14-11(8-7-10-5-3-4-6-10)9-13(19)21-16(14)18-12/h9-10H,2-8H2,1H3,(H,17,18,20). The third-order valence-corrected chi connectivity index (χ3v) is 4.38. The Morgan fingerprint density at radius 3 is 2.81 bits per heavy atom. The van der Waals surface area contributed by atoms with E-state index in [4.69, 9.17) is 4.42 Å². The van der Waals surface area contributed by atoms with Crippen molar-refractivity contribution >= 4 is 11.1 Å². The molecule has 0 radical (unpaired) electrons. The molecule has 5 nitrogen and oxygen atoms in total. The highest BCUT2D eigenvalue weighted by molar-refractivity contribution is 5.75. The highest BCUT2D eigenvalue weighted by Crippen LogP contribution is 2.29. The molecule has 5 heteroatoms. The van der Waals surface area contributed by atoms with Crippen LogP contribution in [-0.2, 0) is 12.8 Å². The van der Waals surface area contributed by atoms with Crippen molar-refractivity contribution in [3.05, 3.63) is 38.2 Å². The van der Waals surface area contributed by atoms with Crippen molar-refractivity contribution in [3.8, 4) is 0 Å². The van der Waals surface area contributed by atoms with Gasteiger partial charge in [-0.2, -0.15) is 4.98 Å². The largest absolute Gasteiger partial charge is 0.403 e. The lowest BCUT2D eigenvalue weighted by Crippen LogP contribution is -2.16. The van der Waals surface area contributed by atoms with E-state index in [0.717, 1.165) is 18.4 Å².